The van der Waals surface area contributed by atoms with Crippen LogP contribution in [0, 0.1) is 35.1 Å². The molecule has 0 aliphatic carbocycles. The number of ether oxygens (including phenoxy) is 2. The number of carbonyl (C=O) groups is 2. The molecule has 0 saturated heterocycles. The van der Waals surface area contributed by atoms with Crippen LogP contribution in [0.3, 0.4) is 0 Å². The van der Waals surface area contributed by atoms with Gasteiger partial charge in [-0.1, -0.05) is 66.0 Å². The number of carbonyl (C=O) groups excluding carboxylic acids is 2. The molecule has 16 heteroatoms. The number of hydrogen-bond donors (Lipinski definition) is 2. The van der Waals surface area contributed by atoms with Gasteiger partial charge in [0.05, 0.1) is 25.9 Å². The largest absolute Gasteiger partial charge is 0.493 e. The lowest BCUT2D eigenvalue weighted by Crippen LogP contribution is -2.51. The van der Waals surface area contributed by atoms with Crippen molar-refractivity contribution in [3.8, 4) is 11.5 Å². The van der Waals surface area contributed by atoms with Gasteiger partial charge in [0.2, 0.25) is 11.8 Å². The molecule has 58 heavy (non-hydrogen) atoms. The molecule has 4 aliphatic rings. The zero-order valence-corrected chi connectivity index (χ0v) is 32.9. The number of hydrazone groups is 2. The highest BCUT2D eigenvalue weighted by Crippen LogP contribution is 2.59. The summed E-state index contributed by atoms with van der Waals surface area (Å²) in [6.45, 7) is 6.64. The quantitative estimate of drug-likeness (QED) is 0.145. The third-order valence-electron chi connectivity index (χ3n) is 10.2. The number of thioether (sulfide) groups is 2. The molecule has 5 atom stereocenters. The van der Waals surface area contributed by atoms with Crippen LogP contribution in [0.2, 0.25) is 0 Å². The molecule has 4 unspecified atom stereocenters. The molecule has 4 aromatic carbocycles. The number of aliphatic hydroxyl groups excluding tert-OH is 2. The van der Waals surface area contributed by atoms with Gasteiger partial charge in [-0.3, -0.25) is 9.59 Å². The maximum absolute atomic E-state index is 14.5. The van der Waals surface area contributed by atoms with Crippen LogP contribution in [0.4, 0.5) is 17.6 Å². The Morgan fingerprint density at radius 1 is 0.793 bits per heavy atom. The van der Waals surface area contributed by atoms with Gasteiger partial charge in [0, 0.05) is 47.9 Å². The number of amides is 2. The summed E-state index contributed by atoms with van der Waals surface area (Å²) < 4.78 is 68.3. The molecule has 302 valence electrons. The van der Waals surface area contributed by atoms with Gasteiger partial charge in [0.15, 0.2) is 9.74 Å². The maximum atomic E-state index is 14.5. The Kier molecular flexibility index (Phi) is 11.7. The number of nitrogens with zero attached hydrogens (tertiary/aromatic N) is 4. The first-order chi connectivity index (χ1) is 27.8. The summed E-state index contributed by atoms with van der Waals surface area (Å²) in [7, 11) is 0. The predicted octanol–water partition coefficient (Wildman–Crippen LogP) is 7.49. The van der Waals surface area contributed by atoms with Crippen molar-refractivity contribution in [3.05, 3.63) is 143 Å². The highest BCUT2D eigenvalue weighted by atomic mass is 32.2. The van der Waals surface area contributed by atoms with Crippen molar-refractivity contribution in [2.24, 2.45) is 22.0 Å². The number of para-hydroxylation sites is 2. The first-order valence-electron chi connectivity index (χ1n) is 18.3. The fourth-order valence-corrected chi connectivity index (χ4v) is 10.7. The Morgan fingerprint density at radius 2 is 1.24 bits per heavy atom. The van der Waals surface area contributed by atoms with Crippen molar-refractivity contribution in [1.82, 2.24) is 10.0 Å². The third-order valence-corrected chi connectivity index (χ3v) is 13.2. The van der Waals surface area contributed by atoms with Crippen LogP contribution in [0.1, 0.15) is 48.9 Å². The predicted molar refractivity (Wildman–Crippen MR) is 213 cm³/mol. The number of rotatable bonds is 7. The van der Waals surface area contributed by atoms with Crippen molar-refractivity contribution in [1.29, 1.82) is 0 Å². The fraction of sp³-hybridized carbons (Fsp3) is 0.286. The summed E-state index contributed by atoms with van der Waals surface area (Å²) in [5.41, 5.74) is 1.41. The minimum Gasteiger partial charge on any atom is -0.493 e. The number of hydrogen-bond acceptors (Lipinski definition) is 10. The highest BCUT2D eigenvalue weighted by Gasteiger charge is 2.58. The molecule has 0 fully saturated rings. The van der Waals surface area contributed by atoms with Gasteiger partial charge in [0.25, 0.3) is 0 Å². The van der Waals surface area contributed by atoms with E-state index in [-0.39, 0.29) is 46.1 Å². The SMILES string of the molecule is C=CCC1COc2ccccc2C12SC(c1cc(F)ccc1F)=NN2C(C)=O.CC(=O)N1N=C(c2cc(F)ccc2F)SC12c1ccccc1OCC2C[C@@H](O)CO. The van der Waals surface area contributed by atoms with E-state index in [1.807, 2.05) is 24.3 Å². The Balaban J connectivity index is 0.000000177. The van der Waals surface area contributed by atoms with Crippen molar-refractivity contribution in [2.75, 3.05) is 19.8 Å². The molecule has 10 nitrogen and oxygen atoms in total. The van der Waals surface area contributed by atoms with E-state index in [1.165, 1.54) is 35.6 Å². The summed E-state index contributed by atoms with van der Waals surface area (Å²) in [6, 6.07) is 20.9. The number of aliphatic hydroxyl groups is 2. The van der Waals surface area contributed by atoms with Crippen molar-refractivity contribution >= 4 is 45.4 Å². The molecule has 0 radical (unpaired) electrons. The Labute approximate surface area is 340 Å². The van der Waals surface area contributed by atoms with Gasteiger partial charge in [-0.2, -0.15) is 10.2 Å². The van der Waals surface area contributed by atoms with E-state index < -0.39 is 57.5 Å². The average Bonchev–Trinajstić information content (AvgIpc) is 3.81. The van der Waals surface area contributed by atoms with Crippen molar-refractivity contribution in [2.45, 2.75) is 42.5 Å². The van der Waals surface area contributed by atoms with Gasteiger partial charge >= 0.3 is 0 Å². The van der Waals surface area contributed by atoms with Crippen molar-refractivity contribution in [3.63, 3.8) is 0 Å². The summed E-state index contributed by atoms with van der Waals surface area (Å²) in [6.07, 6.45) is 1.42. The second-order valence-electron chi connectivity index (χ2n) is 13.9. The molecule has 4 aliphatic heterocycles. The first kappa shape index (κ1) is 41.0. The molecule has 0 aromatic heterocycles. The normalized spacial score (nSPS) is 23.4. The van der Waals surface area contributed by atoms with E-state index >= 15 is 0 Å². The van der Waals surface area contributed by atoms with Crippen LogP contribution in [0.5, 0.6) is 11.5 Å². The first-order valence-corrected chi connectivity index (χ1v) is 19.9. The number of benzene rings is 4. The number of fused-ring (bicyclic) bond motifs is 4. The van der Waals surface area contributed by atoms with Gasteiger partial charge in [-0.25, -0.2) is 27.6 Å². The smallest absolute Gasteiger partial charge is 0.241 e. The van der Waals surface area contributed by atoms with Crippen LogP contribution in [0.15, 0.2) is 108 Å². The molecule has 2 spiro atoms. The van der Waals surface area contributed by atoms with E-state index in [2.05, 4.69) is 16.8 Å². The second-order valence-corrected chi connectivity index (χ2v) is 16.3. The zero-order chi connectivity index (χ0) is 41.4. The lowest BCUT2D eigenvalue weighted by Gasteiger charge is -2.45. The summed E-state index contributed by atoms with van der Waals surface area (Å²) in [5, 5.41) is 31.4. The fourth-order valence-electron chi connectivity index (χ4n) is 7.64. The molecular weight excluding hydrogens is 797 g/mol. The van der Waals surface area contributed by atoms with E-state index in [0.717, 1.165) is 53.7 Å². The second kappa shape index (κ2) is 16.6. The number of halogens is 4. The van der Waals surface area contributed by atoms with Gasteiger partial charge < -0.3 is 19.7 Å². The Morgan fingerprint density at radius 3 is 1.69 bits per heavy atom. The van der Waals surface area contributed by atoms with Gasteiger partial charge in [-0.15, -0.1) is 6.58 Å². The van der Waals surface area contributed by atoms with E-state index in [0.29, 0.717) is 30.1 Å². The minimum atomic E-state index is -1.13. The Hall–Kier alpha value is -5.16. The lowest BCUT2D eigenvalue weighted by molar-refractivity contribution is -0.135. The lowest BCUT2D eigenvalue weighted by atomic mass is 9.85. The summed E-state index contributed by atoms with van der Waals surface area (Å²) in [4.78, 5) is 23.2. The summed E-state index contributed by atoms with van der Waals surface area (Å²) in [5.74, 6) is -2.55. The van der Waals surface area contributed by atoms with E-state index in [9.17, 15) is 37.4 Å². The van der Waals surface area contributed by atoms with Crippen LogP contribution in [-0.4, -0.2) is 68.1 Å². The van der Waals surface area contributed by atoms with E-state index in [4.69, 9.17) is 9.47 Å². The average molecular weight is 835 g/mol. The van der Waals surface area contributed by atoms with Gasteiger partial charge in [0.1, 0.15) is 44.9 Å². The topological polar surface area (TPSA) is 124 Å². The van der Waals surface area contributed by atoms with Crippen LogP contribution >= 0.6 is 23.5 Å². The maximum Gasteiger partial charge on any atom is 0.241 e. The molecular formula is C42H38F4N4O6S2. The van der Waals surface area contributed by atoms with Crippen molar-refractivity contribution < 1.29 is 46.8 Å². The molecule has 2 amide bonds. The molecule has 0 bridgehead atoms. The highest BCUT2D eigenvalue weighted by molar-refractivity contribution is 8.15. The monoisotopic (exact) mass is 834 g/mol. The van der Waals surface area contributed by atoms with Crippen LogP contribution < -0.4 is 9.47 Å². The summed E-state index contributed by atoms with van der Waals surface area (Å²) >= 11 is 2.38. The van der Waals surface area contributed by atoms with Crippen LogP contribution in [0.25, 0.3) is 0 Å². The third kappa shape index (κ3) is 7.27. The van der Waals surface area contributed by atoms with Crippen LogP contribution in [-0.2, 0) is 19.3 Å². The number of allylic oxidation sites excluding steroid dienone is 1. The van der Waals surface area contributed by atoms with E-state index in [1.54, 1.807) is 30.3 Å². The minimum absolute atomic E-state index is 0.0365. The Bertz CT molecular complexity index is 2330. The molecule has 8 rings (SSSR count). The standard InChI is InChI=1S/C21H20F2N2O4S.C21H18F2N2O2S/c1-12(27)25-21(30-20(24-25)16-9-14(22)6-7-18(16)23)13(8-15(28)10-26)11-29-19-5-3-2-4-17(19)21;1-3-6-14-12-27-19-8-5-4-7-17(19)21(14)25(13(2)26)24-20(28-21)16-11-15(22)9-10-18(16)23/h2-7,9,13,15,26,28H,8,10-11H2,1H3;3-5,7-11,14H,1,6,12H2,2H3/t13?,15-,21?;/m1./s1. The van der Waals surface area contributed by atoms with Gasteiger partial charge in [-0.05, 0) is 61.4 Å². The zero-order valence-electron chi connectivity index (χ0n) is 31.3. The molecule has 2 N–H and O–H groups in total. The molecule has 4 aromatic rings. The molecule has 4 heterocycles. The molecule has 0 saturated carbocycles.